The van der Waals surface area contributed by atoms with Crippen LogP contribution < -0.4 is 0 Å². The third-order valence-corrected chi connectivity index (χ3v) is 2.20. The summed E-state index contributed by atoms with van der Waals surface area (Å²) in [6, 6.07) is 2.37. The van der Waals surface area contributed by atoms with Crippen LogP contribution in [0.2, 0.25) is 0 Å². The maximum atomic E-state index is 11.4. The third kappa shape index (κ3) is 5.52. The van der Waals surface area contributed by atoms with E-state index in [-0.39, 0.29) is 12.0 Å². The minimum absolute atomic E-state index is 0.277. The number of rotatable bonds is 7. The van der Waals surface area contributed by atoms with E-state index in [9.17, 15) is 4.79 Å². The molecule has 0 bridgehead atoms. The van der Waals surface area contributed by atoms with Crippen molar-refractivity contribution in [1.29, 1.82) is 5.26 Å². The van der Waals surface area contributed by atoms with Crippen LogP contribution >= 0.6 is 0 Å². The minimum atomic E-state index is -0.356. The number of carbonyl (C=O) groups excluding carboxylic acids is 1. The molecule has 4 nitrogen and oxygen atoms in total. The zero-order valence-corrected chi connectivity index (χ0v) is 10.3. The molecule has 0 aromatic heterocycles. The zero-order chi connectivity index (χ0) is 12.6. The molecule has 0 spiro atoms. The SMILES string of the molecule is C=C(CN(CCC#N)C(C)C)C(=O)OCC. The summed E-state index contributed by atoms with van der Waals surface area (Å²) >= 11 is 0. The first-order chi connectivity index (χ1) is 7.52. The fourth-order valence-corrected chi connectivity index (χ4v) is 1.26. The summed E-state index contributed by atoms with van der Waals surface area (Å²) in [5.41, 5.74) is 0.438. The first-order valence-corrected chi connectivity index (χ1v) is 5.48. The lowest BCUT2D eigenvalue weighted by Crippen LogP contribution is -2.35. The lowest BCUT2D eigenvalue weighted by molar-refractivity contribution is -0.138. The van der Waals surface area contributed by atoms with E-state index in [1.807, 2.05) is 18.7 Å². The highest BCUT2D eigenvalue weighted by atomic mass is 16.5. The Kier molecular flexibility index (Phi) is 7.23. The van der Waals surface area contributed by atoms with E-state index in [2.05, 4.69) is 12.6 Å². The lowest BCUT2D eigenvalue weighted by Gasteiger charge is -2.25. The van der Waals surface area contributed by atoms with Crippen molar-refractivity contribution in [3.8, 4) is 6.07 Å². The lowest BCUT2D eigenvalue weighted by atomic mass is 10.2. The van der Waals surface area contributed by atoms with Crippen LogP contribution in [0.25, 0.3) is 0 Å². The van der Waals surface area contributed by atoms with Gasteiger partial charge in [-0.2, -0.15) is 5.26 Å². The summed E-state index contributed by atoms with van der Waals surface area (Å²) in [4.78, 5) is 13.4. The van der Waals surface area contributed by atoms with E-state index in [4.69, 9.17) is 10.00 Å². The highest BCUT2D eigenvalue weighted by Crippen LogP contribution is 2.05. The molecule has 0 radical (unpaired) electrons. The number of carbonyl (C=O) groups is 1. The topological polar surface area (TPSA) is 53.3 Å². The maximum absolute atomic E-state index is 11.4. The molecule has 0 aliphatic rings. The summed E-state index contributed by atoms with van der Waals surface area (Å²) in [6.45, 7) is 11.0. The highest BCUT2D eigenvalue weighted by molar-refractivity contribution is 5.88. The molecule has 0 saturated heterocycles. The minimum Gasteiger partial charge on any atom is -0.463 e. The number of ether oxygens (including phenoxy) is 1. The van der Waals surface area contributed by atoms with E-state index in [1.54, 1.807) is 6.92 Å². The van der Waals surface area contributed by atoms with Crippen LogP contribution in [0.1, 0.15) is 27.2 Å². The van der Waals surface area contributed by atoms with Gasteiger partial charge in [-0.25, -0.2) is 4.79 Å². The summed E-state index contributed by atoms with van der Waals surface area (Å²) in [5.74, 6) is -0.356. The van der Waals surface area contributed by atoms with Gasteiger partial charge in [0, 0.05) is 31.1 Å². The number of hydrogen-bond donors (Lipinski definition) is 0. The molecule has 0 fully saturated rings. The monoisotopic (exact) mass is 224 g/mol. The predicted octanol–water partition coefficient (Wildman–Crippen LogP) is 1.73. The number of esters is 1. The van der Waals surface area contributed by atoms with E-state index in [0.717, 1.165) is 0 Å². The Balaban J connectivity index is 4.23. The van der Waals surface area contributed by atoms with E-state index >= 15 is 0 Å². The van der Waals surface area contributed by atoms with Gasteiger partial charge in [-0.1, -0.05) is 6.58 Å². The summed E-state index contributed by atoms with van der Waals surface area (Å²) < 4.78 is 4.86. The normalized spacial score (nSPS) is 10.2. The second kappa shape index (κ2) is 7.89. The van der Waals surface area contributed by atoms with Gasteiger partial charge in [0.15, 0.2) is 0 Å². The fraction of sp³-hybridized carbons (Fsp3) is 0.667. The Bertz CT molecular complexity index is 279. The molecule has 4 heteroatoms. The van der Waals surface area contributed by atoms with Crippen molar-refractivity contribution in [2.45, 2.75) is 33.2 Å². The average molecular weight is 224 g/mol. The second-order valence-electron chi connectivity index (χ2n) is 3.80. The van der Waals surface area contributed by atoms with Gasteiger partial charge in [-0.3, -0.25) is 4.90 Å². The molecule has 0 aromatic rings. The molecular weight excluding hydrogens is 204 g/mol. The smallest absolute Gasteiger partial charge is 0.334 e. The molecule has 0 saturated carbocycles. The van der Waals surface area contributed by atoms with E-state index in [1.165, 1.54) is 0 Å². The van der Waals surface area contributed by atoms with Gasteiger partial charge in [0.25, 0.3) is 0 Å². The Morgan fingerprint density at radius 3 is 2.62 bits per heavy atom. The van der Waals surface area contributed by atoms with Gasteiger partial charge in [-0.15, -0.1) is 0 Å². The number of nitriles is 1. The number of nitrogens with zero attached hydrogens (tertiary/aromatic N) is 2. The fourth-order valence-electron chi connectivity index (χ4n) is 1.26. The molecule has 90 valence electrons. The molecule has 0 N–H and O–H groups in total. The molecule has 0 amide bonds. The van der Waals surface area contributed by atoms with Gasteiger partial charge < -0.3 is 4.74 Å². The third-order valence-electron chi connectivity index (χ3n) is 2.20. The van der Waals surface area contributed by atoms with Crippen LogP contribution in [0.3, 0.4) is 0 Å². The van der Waals surface area contributed by atoms with Gasteiger partial charge in [0.05, 0.1) is 12.7 Å². The first-order valence-electron chi connectivity index (χ1n) is 5.48. The van der Waals surface area contributed by atoms with Crippen molar-refractivity contribution in [3.63, 3.8) is 0 Å². The molecular formula is C12H20N2O2. The van der Waals surface area contributed by atoms with Crippen LogP contribution in [0.15, 0.2) is 12.2 Å². The Hall–Kier alpha value is -1.34. The van der Waals surface area contributed by atoms with Crippen LogP contribution in [0.4, 0.5) is 0 Å². The van der Waals surface area contributed by atoms with E-state index < -0.39 is 0 Å². The van der Waals surface area contributed by atoms with Crippen molar-refractivity contribution in [1.82, 2.24) is 4.90 Å². The molecule has 16 heavy (non-hydrogen) atoms. The molecule has 0 unspecified atom stereocenters. The summed E-state index contributed by atoms with van der Waals surface area (Å²) in [6.07, 6.45) is 0.453. The van der Waals surface area contributed by atoms with Crippen LogP contribution in [0.5, 0.6) is 0 Å². The zero-order valence-electron chi connectivity index (χ0n) is 10.3. The molecule has 0 heterocycles. The highest BCUT2D eigenvalue weighted by Gasteiger charge is 2.15. The standard InChI is InChI=1S/C12H20N2O2/c1-5-16-12(15)11(4)9-14(10(2)3)8-6-7-13/h10H,4-6,8-9H2,1-3H3. The predicted molar refractivity (Wildman–Crippen MR) is 62.7 cm³/mol. The molecule has 0 rings (SSSR count). The first kappa shape index (κ1) is 14.7. The van der Waals surface area contributed by atoms with Gasteiger partial charge in [-0.05, 0) is 20.8 Å². The van der Waals surface area contributed by atoms with E-state index in [0.29, 0.717) is 31.7 Å². The second-order valence-corrected chi connectivity index (χ2v) is 3.80. The van der Waals surface area contributed by atoms with Crippen molar-refractivity contribution >= 4 is 5.97 Å². The molecule has 0 aromatic carbocycles. The van der Waals surface area contributed by atoms with Crippen molar-refractivity contribution in [3.05, 3.63) is 12.2 Å². The van der Waals surface area contributed by atoms with Gasteiger partial charge in [0.1, 0.15) is 0 Å². The Morgan fingerprint density at radius 2 is 2.19 bits per heavy atom. The van der Waals surface area contributed by atoms with Crippen LogP contribution in [0, 0.1) is 11.3 Å². The van der Waals surface area contributed by atoms with Crippen molar-refractivity contribution < 1.29 is 9.53 Å². The molecule has 0 aliphatic carbocycles. The van der Waals surface area contributed by atoms with Gasteiger partial charge >= 0.3 is 5.97 Å². The van der Waals surface area contributed by atoms with Crippen LogP contribution in [-0.2, 0) is 9.53 Å². The number of hydrogen-bond acceptors (Lipinski definition) is 4. The van der Waals surface area contributed by atoms with Crippen molar-refractivity contribution in [2.24, 2.45) is 0 Å². The molecule has 0 aliphatic heterocycles. The van der Waals surface area contributed by atoms with Gasteiger partial charge in [0.2, 0.25) is 0 Å². The van der Waals surface area contributed by atoms with Crippen LogP contribution in [-0.4, -0.2) is 36.6 Å². The molecule has 0 atom stereocenters. The largest absolute Gasteiger partial charge is 0.463 e. The summed E-state index contributed by atoms with van der Waals surface area (Å²) in [7, 11) is 0. The maximum Gasteiger partial charge on any atom is 0.334 e. The summed E-state index contributed by atoms with van der Waals surface area (Å²) in [5, 5.41) is 8.53. The quantitative estimate of drug-likeness (QED) is 0.488. The Labute approximate surface area is 97.5 Å². The van der Waals surface area contributed by atoms with Crippen molar-refractivity contribution in [2.75, 3.05) is 19.7 Å². The Morgan fingerprint density at radius 1 is 1.56 bits per heavy atom. The average Bonchev–Trinajstić information content (AvgIpc) is 2.23.